The highest BCUT2D eigenvalue weighted by molar-refractivity contribution is 5.75. The molecule has 0 fully saturated rings. The number of hydrogen-bond donors (Lipinski definition) is 1. The molecule has 5 heteroatoms. The monoisotopic (exact) mass is 233 g/mol. The van der Waals surface area contributed by atoms with E-state index >= 15 is 0 Å². The Morgan fingerprint density at radius 2 is 2.35 bits per heavy atom. The number of ether oxygens (including phenoxy) is 1. The summed E-state index contributed by atoms with van der Waals surface area (Å²) in [7, 11) is 1.79. The Morgan fingerprint density at radius 1 is 1.59 bits per heavy atom. The molecule has 0 aliphatic carbocycles. The fourth-order valence-corrected chi connectivity index (χ4v) is 1.32. The van der Waals surface area contributed by atoms with Gasteiger partial charge in [-0.1, -0.05) is 6.07 Å². The fraction of sp³-hybridized carbons (Fsp3) is 0.333. The molecule has 0 atom stereocenters. The molecule has 90 valence electrons. The first-order valence-electron chi connectivity index (χ1n) is 5.21. The SMILES string of the molecule is CN(CCOc1cccc(C#N)c1)CC(N)=O. The predicted molar refractivity (Wildman–Crippen MR) is 63.3 cm³/mol. The predicted octanol–water partition coefficient (Wildman–Crippen LogP) is 0.354. The van der Waals surface area contributed by atoms with Gasteiger partial charge in [-0.2, -0.15) is 5.26 Å². The lowest BCUT2D eigenvalue weighted by Crippen LogP contribution is -2.33. The van der Waals surface area contributed by atoms with Crippen molar-refractivity contribution in [2.45, 2.75) is 0 Å². The first kappa shape index (κ1) is 13.0. The maximum absolute atomic E-state index is 10.6. The summed E-state index contributed by atoms with van der Waals surface area (Å²) in [4.78, 5) is 12.4. The second-order valence-electron chi connectivity index (χ2n) is 3.69. The van der Waals surface area contributed by atoms with Crippen molar-refractivity contribution in [2.75, 3.05) is 26.7 Å². The van der Waals surface area contributed by atoms with E-state index in [1.54, 1.807) is 36.2 Å². The molecule has 0 radical (unpaired) electrons. The minimum Gasteiger partial charge on any atom is -0.492 e. The van der Waals surface area contributed by atoms with Crippen LogP contribution in [0.15, 0.2) is 24.3 Å². The summed E-state index contributed by atoms with van der Waals surface area (Å²) in [6, 6.07) is 8.98. The van der Waals surface area contributed by atoms with Crippen LogP contribution in [0.4, 0.5) is 0 Å². The van der Waals surface area contributed by atoms with Crippen molar-refractivity contribution in [2.24, 2.45) is 5.73 Å². The summed E-state index contributed by atoms with van der Waals surface area (Å²) >= 11 is 0. The normalized spacial score (nSPS) is 9.94. The molecule has 1 amide bonds. The highest BCUT2D eigenvalue weighted by Crippen LogP contribution is 2.12. The summed E-state index contributed by atoms with van der Waals surface area (Å²) in [6.45, 7) is 1.25. The molecule has 0 saturated heterocycles. The Bertz CT molecular complexity index is 426. The van der Waals surface area contributed by atoms with E-state index in [9.17, 15) is 4.79 Å². The lowest BCUT2D eigenvalue weighted by atomic mass is 10.2. The molecular weight excluding hydrogens is 218 g/mol. The van der Waals surface area contributed by atoms with Gasteiger partial charge < -0.3 is 10.5 Å². The van der Waals surface area contributed by atoms with Crippen LogP contribution >= 0.6 is 0 Å². The summed E-state index contributed by atoms with van der Waals surface area (Å²) in [5, 5.41) is 8.71. The van der Waals surface area contributed by atoms with Crippen LogP contribution in [0.3, 0.4) is 0 Å². The summed E-state index contributed by atoms with van der Waals surface area (Å²) in [5.41, 5.74) is 5.62. The van der Waals surface area contributed by atoms with Crippen LogP contribution in [0.2, 0.25) is 0 Å². The van der Waals surface area contributed by atoms with Crippen molar-refractivity contribution in [3.8, 4) is 11.8 Å². The van der Waals surface area contributed by atoms with Gasteiger partial charge in [0.2, 0.25) is 5.91 Å². The van der Waals surface area contributed by atoms with Crippen LogP contribution in [0.1, 0.15) is 5.56 Å². The zero-order valence-electron chi connectivity index (χ0n) is 9.72. The van der Waals surface area contributed by atoms with E-state index in [0.717, 1.165) is 0 Å². The molecule has 0 aliphatic rings. The molecule has 1 aromatic carbocycles. The van der Waals surface area contributed by atoms with E-state index in [1.807, 2.05) is 6.07 Å². The van der Waals surface area contributed by atoms with Crippen LogP contribution in [0.25, 0.3) is 0 Å². The summed E-state index contributed by atoms with van der Waals surface area (Å²) in [6.07, 6.45) is 0. The molecular formula is C12H15N3O2. The zero-order valence-corrected chi connectivity index (χ0v) is 9.72. The first-order chi connectivity index (χ1) is 8.11. The minimum absolute atomic E-state index is 0.210. The van der Waals surface area contributed by atoms with Crippen LogP contribution in [-0.2, 0) is 4.79 Å². The van der Waals surface area contributed by atoms with Gasteiger partial charge >= 0.3 is 0 Å². The molecule has 0 saturated carbocycles. The van der Waals surface area contributed by atoms with Gasteiger partial charge in [-0.15, -0.1) is 0 Å². The van der Waals surface area contributed by atoms with Crippen LogP contribution in [0.5, 0.6) is 5.75 Å². The quantitative estimate of drug-likeness (QED) is 0.769. The zero-order chi connectivity index (χ0) is 12.7. The maximum atomic E-state index is 10.6. The minimum atomic E-state index is -0.362. The number of primary amides is 1. The van der Waals surface area contributed by atoms with Gasteiger partial charge in [0.1, 0.15) is 12.4 Å². The summed E-state index contributed by atoms with van der Waals surface area (Å²) < 4.78 is 5.46. The van der Waals surface area contributed by atoms with Gasteiger partial charge in [0.05, 0.1) is 18.2 Å². The largest absolute Gasteiger partial charge is 0.492 e. The van der Waals surface area contributed by atoms with E-state index in [2.05, 4.69) is 0 Å². The van der Waals surface area contributed by atoms with Gasteiger partial charge in [-0.3, -0.25) is 9.69 Å². The molecule has 0 aromatic heterocycles. The number of amides is 1. The van der Waals surface area contributed by atoms with E-state index in [4.69, 9.17) is 15.7 Å². The molecule has 1 rings (SSSR count). The van der Waals surface area contributed by atoms with Crippen LogP contribution in [-0.4, -0.2) is 37.6 Å². The standard InChI is InChI=1S/C12H15N3O2/c1-15(9-12(14)16)5-6-17-11-4-2-3-10(7-11)8-13/h2-4,7H,5-6,9H2,1H3,(H2,14,16). The van der Waals surface area contributed by atoms with Crippen LogP contribution in [0, 0.1) is 11.3 Å². The van der Waals surface area contributed by atoms with Crippen molar-refractivity contribution in [3.63, 3.8) is 0 Å². The lowest BCUT2D eigenvalue weighted by molar-refractivity contribution is -0.118. The molecule has 0 bridgehead atoms. The third-order valence-electron chi connectivity index (χ3n) is 2.13. The first-order valence-corrected chi connectivity index (χ1v) is 5.21. The van der Waals surface area contributed by atoms with Crippen molar-refractivity contribution >= 4 is 5.91 Å². The highest BCUT2D eigenvalue weighted by atomic mass is 16.5. The number of nitrogens with two attached hydrogens (primary N) is 1. The second-order valence-corrected chi connectivity index (χ2v) is 3.69. The Labute approximate surface area is 100 Å². The van der Waals surface area contributed by atoms with Crippen molar-refractivity contribution in [1.82, 2.24) is 4.90 Å². The van der Waals surface area contributed by atoms with Gasteiger partial charge in [0, 0.05) is 6.54 Å². The van der Waals surface area contributed by atoms with Crippen molar-refractivity contribution in [3.05, 3.63) is 29.8 Å². The molecule has 2 N–H and O–H groups in total. The number of carbonyl (C=O) groups excluding carboxylic acids is 1. The van der Waals surface area contributed by atoms with E-state index < -0.39 is 0 Å². The molecule has 1 aromatic rings. The molecule has 5 nitrogen and oxygen atoms in total. The smallest absolute Gasteiger partial charge is 0.231 e. The van der Waals surface area contributed by atoms with Gasteiger partial charge in [-0.05, 0) is 25.2 Å². The number of carbonyl (C=O) groups is 1. The average molecular weight is 233 g/mol. The third-order valence-corrected chi connectivity index (χ3v) is 2.13. The number of likely N-dealkylation sites (N-methyl/N-ethyl adjacent to an activating group) is 1. The van der Waals surface area contributed by atoms with Crippen LogP contribution < -0.4 is 10.5 Å². The van der Waals surface area contributed by atoms with Gasteiger partial charge in [-0.25, -0.2) is 0 Å². The Kier molecular flexibility index (Phi) is 4.98. The van der Waals surface area contributed by atoms with E-state index in [0.29, 0.717) is 24.5 Å². The lowest BCUT2D eigenvalue weighted by Gasteiger charge is -2.14. The number of hydrogen-bond acceptors (Lipinski definition) is 4. The molecule has 0 unspecified atom stereocenters. The number of benzene rings is 1. The maximum Gasteiger partial charge on any atom is 0.231 e. The average Bonchev–Trinajstić information content (AvgIpc) is 2.28. The Morgan fingerprint density at radius 3 is 3.00 bits per heavy atom. The molecule has 0 heterocycles. The highest BCUT2D eigenvalue weighted by Gasteiger charge is 2.02. The van der Waals surface area contributed by atoms with Crippen molar-refractivity contribution < 1.29 is 9.53 Å². The van der Waals surface area contributed by atoms with Gasteiger partial charge in [0.15, 0.2) is 0 Å². The van der Waals surface area contributed by atoms with E-state index in [1.165, 1.54) is 0 Å². The number of rotatable bonds is 6. The number of nitriles is 1. The Balaban J connectivity index is 2.35. The van der Waals surface area contributed by atoms with E-state index in [-0.39, 0.29) is 12.5 Å². The van der Waals surface area contributed by atoms with Gasteiger partial charge in [0.25, 0.3) is 0 Å². The topological polar surface area (TPSA) is 79.3 Å². The van der Waals surface area contributed by atoms with Crippen molar-refractivity contribution in [1.29, 1.82) is 5.26 Å². The fourth-order valence-electron chi connectivity index (χ4n) is 1.32. The Hall–Kier alpha value is -2.06. The third kappa shape index (κ3) is 5.00. The number of nitrogens with zero attached hydrogens (tertiary/aromatic N) is 2. The summed E-state index contributed by atoms with van der Waals surface area (Å²) in [5.74, 6) is 0.288. The molecule has 0 aliphatic heterocycles. The molecule has 0 spiro atoms. The molecule has 17 heavy (non-hydrogen) atoms. The second kappa shape index (κ2) is 6.51.